The molecule has 1 N–H and O–H groups in total. The van der Waals surface area contributed by atoms with Gasteiger partial charge in [0.1, 0.15) is 17.6 Å². The normalized spacial score (nSPS) is 12.9. The van der Waals surface area contributed by atoms with E-state index in [1.54, 1.807) is 12.5 Å². The summed E-state index contributed by atoms with van der Waals surface area (Å²) in [5.74, 6) is 1.86. The van der Waals surface area contributed by atoms with E-state index >= 15 is 0 Å². The third-order valence-electron chi connectivity index (χ3n) is 2.35. The summed E-state index contributed by atoms with van der Waals surface area (Å²) >= 11 is 0. The molecule has 4 nitrogen and oxygen atoms in total. The lowest BCUT2D eigenvalue weighted by Crippen LogP contribution is -2.24. The number of hydrogen-bond acceptors (Lipinski definition) is 3. The van der Waals surface area contributed by atoms with Crippen molar-refractivity contribution in [3.05, 3.63) is 42.4 Å². The summed E-state index contributed by atoms with van der Waals surface area (Å²) in [6.45, 7) is 2.94. The second-order valence-electron chi connectivity index (χ2n) is 3.40. The van der Waals surface area contributed by atoms with Gasteiger partial charge in [-0.05, 0) is 18.7 Å². The van der Waals surface area contributed by atoms with Crippen LogP contribution >= 0.6 is 0 Å². The van der Waals surface area contributed by atoms with Gasteiger partial charge in [-0.15, -0.1) is 0 Å². The number of nitrogens with zero attached hydrogens (tertiary/aromatic N) is 2. The van der Waals surface area contributed by atoms with Gasteiger partial charge >= 0.3 is 0 Å². The van der Waals surface area contributed by atoms with E-state index in [0.29, 0.717) is 0 Å². The van der Waals surface area contributed by atoms with E-state index in [9.17, 15) is 0 Å². The average Bonchev–Trinajstić information content (AvgIpc) is 2.85. The lowest BCUT2D eigenvalue weighted by Gasteiger charge is -2.14. The molecule has 15 heavy (non-hydrogen) atoms. The summed E-state index contributed by atoms with van der Waals surface area (Å²) in [6.07, 6.45) is 5.41. The summed E-state index contributed by atoms with van der Waals surface area (Å²) in [7, 11) is 1.98. The molecule has 0 saturated heterocycles. The molecule has 1 atom stereocenters. The molecular weight excluding hydrogens is 190 g/mol. The molecule has 2 aromatic heterocycles. The van der Waals surface area contributed by atoms with Gasteiger partial charge in [-0.3, -0.25) is 0 Å². The van der Waals surface area contributed by atoms with E-state index in [1.165, 1.54) is 0 Å². The van der Waals surface area contributed by atoms with E-state index in [0.717, 1.165) is 18.1 Å². The zero-order chi connectivity index (χ0) is 10.7. The average molecular weight is 205 g/mol. The summed E-state index contributed by atoms with van der Waals surface area (Å²) in [6, 6.07) is 3.88. The highest BCUT2D eigenvalue weighted by atomic mass is 16.3. The molecule has 0 fully saturated rings. The van der Waals surface area contributed by atoms with Crippen molar-refractivity contribution < 1.29 is 4.42 Å². The number of imidazole rings is 1. The molecule has 0 radical (unpaired) electrons. The van der Waals surface area contributed by atoms with Crippen molar-refractivity contribution in [2.24, 2.45) is 7.05 Å². The number of furan rings is 1. The Morgan fingerprint density at radius 1 is 1.60 bits per heavy atom. The number of aryl methyl sites for hydroxylation is 1. The van der Waals surface area contributed by atoms with Gasteiger partial charge in [0.2, 0.25) is 0 Å². The van der Waals surface area contributed by atoms with Gasteiger partial charge in [-0.1, -0.05) is 6.92 Å². The molecule has 2 heterocycles. The topological polar surface area (TPSA) is 43.0 Å². The molecule has 0 bridgehead atoms. The zero-order valence-corrected chi connectivity index (χ0v) is 8.97. The quantitative estimate of drug-likeness (QED) is 0.826. The number of aromatic nitrogens is 2. The zero-order valence-electron chi connectivity index (χ0n) is 8.97. The van der Waals surface area contributed by atoms with Crippen LogP contribution in [0.4, 0.5) is 0 Å². The first kappa shape index (κ1) is 9.98. The molecule has 2 aromatic rings. The Morgan fingerprint density at radius 2 is 2.47 bits per heavy atom. The van der Waals surface area contributed by atoms with Crippen molar-refractivity contribution in [2.45, 2.75) is 13.0 Å². The predicted molar refractivity (Wildman–Crippen MR) is 57.4 cm³/mol. The maximum absolute atomic E-state index is 5.41. The van der Waals surface area contributed by atoms with Gasteiger partial charge in [-0.2, -0.15) is 0 Å². The van der Waals surface area contributed by atoms with Crippen molar-refractivity contribution in [1.82, 2.24) is 14.9 Å². The Morgan fingerprint density at radius 3 is 3.00 bits per heavy atom. The minimum Gasteiger partial charge on any atom is -0.467 e. The van der Waals surface area contributed by atoms with Crippen LogP contribution in [-0.4, -0.2) is 16.1 Å². The van der Waals surface area contributed by atoms with Gasteiger partial charge in [0, 0.05) is 19.4 Å². The highest BCUT2D eigenvalue weighted by Crippen LogP contribution is 2.20. The standard InChI is InChI=1S/C11H15N3O/c1-3-12-10(9-5-4-8-15-9)11-13-6-7-14(11)2/h4-8,10,12H,3H2,1-2H3. The first-order valence-electron chi connectivity index (χ1n) is 5.07. The van der Waals surface area contributed by atoms with Crippen LogP contribution in [0.2, 0.25) is 0 Å². The van der Waals surface area contributed by atoms with Crippen LogP contribution in [0, 0.1) is 0 Å². The lowest BCUT2D eigenvalue weighted by molar-refractivity contribution is 0.436. The number of rotatable bonds is 4. The molecule has 4 heteroatoms. The Kier molecular flexibility index (Phi) is 2.87. The molecule has 2 rings (SSSR count). The summed E-state index contributed by atoms with van der Waals surface area (Å²) in [4.78, 5) is 4.33. The van der Waals surface area contributed by atoms with Crippen molar-refractivity contribution >= 4 is 0 Å². The van der Waals surface area contributed by atoms with E-state index in [2.05, 4.69) is 17.2 Å². The van der Waals surface area contributed by atoms with Gasteiger partial charge < -0.3 is 14.3 Å². The highest BCUT2D eigenvalue weighted by Gasteiger charge is 2.19. The molecule has 0 saturated carbocycles. The minimum absolute atomic E-state index is 0.0324. The SMILES string of the molecule is CCNC(c1ccco1)c1nccn1C. The van der Waals surface area contributed by atoms with E-state index < -0.39 is 0 Å². The molecule has 1 unspecified atom stereocenters. The molecule has 0 aliphatic rings. The van der Waals surface area contributed by atoms with Crippen molar-refractivity contribution in [3.8, 4) is 0 Å². The van der Waals surface area contributed by atoms with Crippen LogP contribution in [0.5, 0.6) is 0 Å². The van der Waals surface area contributed by atoms with E-state index in [1.807, 2.05) is 29.9 Å². The Bertz CT molecular complexity index is 405. The largest absolute Gasteiger partial charge is 0.467 e. The Balaban J connectivity index is 2.32. The van der Waals surface area contributed by atoms with Crippen molar-refractivity contribution in [1.29, 1.82) is 0 Å². The van der Waals surface area contributed by atoms with Gasteiger partial charge in [-0.25, -0.2) is 4.98 Å². The van der Waals surface area contributed by atoms with Crippen LogP contribution in [0.25, 0.3) is 0 Å². The Hall–Kier alpha value is -1.55. The monoisotopic (exact) mass is 205 g/mol. The van der Waals surface area contributed by atoms with E-state index in [4.69, 9.17) is 4.42 Å². The molecule has 80 valence electrons. The summed E-state index contributed by atoms with van der Waals surface area (Å²) < 4.78 is 7.41. The molecule has 0 aliphatic carbocycles. The fraction of sp³-hybridized carbons (Fsp3) is 0.364. The van der Waals surface area contributed by atoms with Gasteiger partial charge in [0.25, 0.3) is 0 Å². The maximum Gasteiger partial charge on any atom is 0.133 e. The van der Waals surface area contributed by atoms with Gasteiger partial charge in [0.05, 0.1) is 6.26 Å². The highest BCUT2D eigenvalue weighted by molar-refractivity contribution is 5.15. The Labute approximate surface area is 88.9 Å². The van der Waals surface area contributed by atoms with Crippen molar-refractivity contribution in [3.63, 3.8) is 0 Å². The van der Waals surface area contributed by atoms with Gasteiger partial charge in [0.15, 0.2) is 0 Å². The second-order valence-corrected chi connectivity index (χ2v) is 3.40. The second kappa shape index (κ2) is 4.31. The number of nitrogens with one attached hydrogen (secondary N) is 1. The first-order valence-corrected chi connectivity index (χ1v) is 5.07. The molecule has 0 aliphatic heterocycles. The first-order chi connectivity index (χ1) is 7.33. The predicted octanol–water partition coefficient (Wildman–Crippen LogP) is 1.71. The molecule has 0 amide bonds. The van der Waals surface area contributed by atoms with Crippen LogP contribution < -0.4 is 5.32 Å². The van der Waals surface area contributed by atoms with Crippen molar-refractivity contribution in [2.75, 3.05) is 6.54 Å². The third kappa shape index (κ3) is 1.94. The fourth-order valence-corrected chi connectivity index (χ4v) is 1.63. The van der Waals surface area contributed by atoms with E-state index in [-0.39, 0.29) is 6.04 Å². The third-order valence-corrected chi connectivity index (χ3v) is 2.35. The summed E-state index contributed by atoms with van der Waals surface area (Å²) in [5.41, 5.74) is 0. The number of hydrogen-bond donors (Lipinski definition) is 1. The smallest absolute Gasteiger partial charge is 0.133 e. The molecular formula is C11H15N3O. The molecule has 0 spiro atoms. The maximum atomic E-state index is 5.41. The van der Waals surface area contributed by atoms with Crippen LogP contribution in [-0.2, 0) is 7.05 Å². The van der Waals surface area contributed by atoms with Crippen LogP contribution in [0.15, 0.2) is 35.2 Å². The van der Waals surface area contributed by atoms with Crippen LogP contribution in [0.1, 0.15) is 24.6 Å². The minimum atomic E-state index is 0.0324. The molecule has 0 aromatic carbocycles. The summed E-state index contributed by atoms with van der Waals surface area (Å²) in [5, 5.41) is 3.35. The van der Waals surface area contributed by atoms with Crippen LogP contribution in [0.3, 0.4) is 0 Å². The lowest BCUT2D eigenvalue weighted by atomic mass is 10.2. The fourth-order valence-electron chi connectivity index (χ4n) is 1.63.